The van der Waals surface area contributed by atoms with Crippen LogP contribution in [0.15, 0.2) is 47.8 Å². The second kappa shape index (κ2) is 8.08. The second-order valence-corrected chi connectivity index (χ2v) is 7.65. The molecular formula is C21H20N2O4S. The maximum Gasteiger partial charge on any atom is 0.305 e. The summed E-state index contributed by atoms with van der Waals surface area (Å²) < 4.78 is 5.62. The number of carboxylic acid groups (broad SMARTS) is 1. The molecule has 1 amide bonds. The maximum atomic E-state index is 12.8. The quantitative estimate of drug-likeness (QED) is 0.655. The van der Waals surface area contributed by atoms with E-state index in [1.807, 2.05) is 42.5 Å². The molecule has 2 N–H and O–H groups in total. The van der Waals surface area contributed by atoms with Gasteiger partial charge in [0.15, 0.2) is 0 Å². The fourth-order valence-corrected chi connectivity index (χ4v) is 4.39. The second-order valence-electron chi connectivity index (χ2n) is 6.76. The summed E-state index contributed by atoms with van der Waals surface area (Å²) in [5.41, 5.74) is 1.08. The molecule has 2 heterocycles. The minimum absolute atomic E-state index is 0.0422. The molecule has 7 heteroatoms. The van der Waals surface area contributed by atoms with Gasteiger partial charge < -0.3 is 15.2 Å². The van der Waals surface area contributed by atoms with E-state index >= 15 is 0 Å². The Hall–Kier alpha value is -2.77. The number of carbonyl (C=O) groups excluding carboxylic acids is 1. The molecule has 0 spiro atoms. The van der Waals surface area contributed by atoms with Crippen LogP contribution in [-0.4, -0.2) is 28.6 Å². The lowest BCUT2D eigenvalue weighted by Crippen LogP contribution is -2.30. The van der Waals surface area contributed by atoms with E-state index in [1.165, 1.54) is 11.3 Å². The third kappa shape index (κ3) is 3.90. The lowest BCUT2D eigenvalue weighted by Gasteiger charge is -2.19. The van der Waals surface area contributed by atoms with Crippen molar-refractivity contribution in [3.63, 3.8) is 0 Å². The summed E-state index contributed by atoms with van der Waals surface area (Å²) in [6.07, 6.45) is 1.65. The summed E-state index contributed by atoms with van der Waals surface area (Å²) in [5, 5.41) is 16.6. The summed E-state index contributed by atoms with van der Waals surface area (Å²) in [7, 11) is 0. The number of ether oxygens (including phenoxy) is 1. The summed E-state index contributed by atoms with van der Waals surface area (Å²) >= 11 is 1.40. The monoisotopic (exact) mass is 396 g/mol. The number of aliphatic carboxylic acids is 1. The highest BCUT2D eigenvalue weighted by atomic mass is 32.1. The molecule has 0 bridgehead atoms. The number of hydrogen-bond acceptors (Lipinski definition) is 5. The van der Waals surface area contributed by atoms with Crippen LogP contribution in [0.2, 0.25) is 0 Å². The Morgan fingerprint density at radius 3 is 2.86 bits per heavy atom. The number of carbonyl (C=O) groups is 2. The summed E-state index contributed by atoms with van der Waals surface area (Å²) in [4.78, 5) is 28.6. The molecule has 0 aliphatic carbocycles. The highest BCUT2D eigenvalue weighted by Gasteiger charge is 2.25. The first-order valence-electron chi connectivity index (χ1n) is 9.19. The summed E-state index contributed by atoms with van der Waals surface area (Å²) in [6.45, 7) is 0.716. The Labute approximate surface area is 166 Å². The predicted molar refractivity (Wildman–Crippen MR) is 106 cm³/mol. The topological polar surface area (TPSA) is 88.5 Å². The maximum absolute atomic E-state index is 12.8. The van der Waals surface area contributed by atoms with Crippen molar-refractivity contribution in [2.75, 3.05) is 6.61 Å². The molecule has 0 radical (unpaired) electrons. The first-order chi connectivity index (χ1) is 13.6. The van der Waals surface area contributed by atoms with E-state index in [2.05, 4.69) is 10.3 Å². The third-order valence-electron chi connectivity index (χ3n) is 4.84. The minimum Gasteiger partial charge on any atom is -0.481 e. The van der Waals surface area contributed by atoms with Gasteiger partial charge in [0.05, 0.1) is 12.5 Å². The van der Waals surface area contributed by atoms with Gasteiger partial charge in [-0.1, -0.05) is 42.5 Å². The Kier molecular flexibility index (Phi) is 5.36. The average molecular weight is 396 g/mol. The number of thiazole rings is 1. The molecule has 2 aromatic carbocycles. The minimum atomic E-state index is -0.975. The van der Waals surface area contributed by atoms with Crippen LogP contribution in [0.5, 0.6) is 0 Å². The molecule has 1 unspecified atom stereocenters. The van der Waals surface area contributed by atoms with Crippen molar-refractivity contribution in [1.29, 1.82) is 0 Å². The number of nitrogens with one attached hydrogen (secondary N) is 1. The zero-order chi connectivity index (χ0) is 19.5. The Morgan fingerprint density at radius 1 is 1.25 bits per heavy atom. The number of rotatable bonds is 6. The number of benzene rings is 2. The van der Waals surface area contributed by atoms with Crippen LogP contribution >= 0.6 is 11.3 Å². The smallest absolute Gasteiger partial charge is 0.305 e. The van der Waals surface area contributed by atoms with E-state index in [9.17, 15) is 14.7 Å². The standard InChI is InChI=1S/C21H20N2O4S/c24-19(25)11-16(15-8-3-6-13-5-1-2-7-14(13)15)22-20(26)17-12-28-21(23-17)18-9-4-10-27-18/h1-3,5-8,12,16,18H,4,9-11H2,(H,22,26)(H,24,25)/t16-,18?/m1/s1. The van der Waals surface area contributed by atoms with Crippen LogP contribution in [0.1, 0.15) is 52.5 Å². The number of aromatic nitrogens is 1. The fourth-order valence-electron chi connectivity index (χ4n) is 3.51. The summed E-state index contributed by atoms with van der Waals surface area (Å²) in [6, 6.07) is 12.8. The van der Waals surface area contributed by atoms with Gasteiger partial charge in [0, 0.05) is 12.0 Å². The molecule has 1 aromatic heterocycles. The van der Waals surface area contributed by atoms with Gasteiger partial charge in [-0.05, 0) is 29.2 Å². The highest BCUT2D eigenvalue weighted by Crippen LogP contribution is 2.31. The normalized spacial score (nSPS) is 17.5. The molecule has 0 saturated carbocycles. The van der Waals surface area contributed by atoms with Crippen LogP contribution in [0.4, 0.5) is 0 Å². The van der Waals surface area contributed by atoms with Gasteiger partial charge in [-0.15, -0.1) is 11.3 Å². The van der Waals surface area contributed by atoms with Crippen molar-refractivity contribution in [3.05, 3.63) is 64.1 Å². The van der Waals surface area contributed by atoms with Crippen molar-refractivity contribution in [2.24, 2.45) is 0 Å². The molecule has 4 rings (SSSR count). The third-order valence-corrected chi connectivity index (χ3v) is 5.78. The van der Waals surface area contributed by atoms with E-state index in [4.69, 9.17) is 4.74 Å². The van der Waals surface area contributed by atoms with Gasteiger partial charge >= 0.3 is 5.97 Å². The van der Waals surface area contributed by atoms with Crippen molar-refractivity contribution in [2.45, 2.75) is 31.4 Å². The molecule has 1 aliphatic heterocycles. The first kappa shape index (κ1) is 18.6. The molecule has 2 atom stereocenters. The number of nitrogens with zero attached hydrogens (tertiary/aromatic N) is 1. The van der Waals surface area contributed by atoms with Crippen LogP contribution in [0.3, 0.4) is 0 Å². The Balaban J connectivity index is 1.59. The number of hydrogen-bond donors (Lipinski definition) is 2. The van der Waals surface area contributed by atoms with E-state index in [0.717, 1.165) is 34.2 Å². The van der Waals surface area contributed by atoms with Gasteiger partial charge in [-0.25, -0.2) is 4.98 Å². The average Bonchev–Trinajstić information content (AvgIpc) is 3.38. The van der Waals surface area contributed by atoms with Crippen molar-refractivity contribution < 1.29 is 19.4 Å². The number of amides is 1. The molecule has 144 valence electrons. The van der Waals surface area contributed by atoms with Gasteiger partial charge in [0.25, 0.3) is 5.91 Å². The Morgan fingerprint density at radius 2 is 2.07 bits per heavy atom. The van der Waals surface area contributed by atoms with Gasteiger partial charge in [-0.3, -0.25) is 9.59 Å². The van der Waals surface area contributed by atoms with Crippen LogP contribution in [-0.2, 0) is 9.53 Å². The van der Waals surface area contributed by atoms with Crippen molar-refractivity contribution >= 4 is 34.0 Å². The van der Waals surface area contributed by atoms with Gasteiger partial charge in [-0.2, -0.15) is 0 Å². The molecule has 1 aliphatic rings. The van der Waals surface area contributed by atoms with Crippen LogP contribution < -0.4 is 5.32 Å². The zero-order valence-corrected chi connectivity index (χ0v) is 15.9. The number of fused-ring (bicyclic) bond motifs is 1. The molecule has 28 heavy (non-hydrogen) atoms. The zero-order valence-electron chi connectivity index (χ0n) is 15.1. The van der Waals surface area contributed by atoms with Crippen molar-refractivity contribution in [3.8, 4) is 0 Å². The SMILES string of the molecule is O=C(O)C[C@@H](NC(=O)c1csc(C2CCCO2)n1)c1cccc2ccccc12. The molecule has 3 aromatic rings. The van der Waals surface area contributed by atoms with E-state index in [1.54, 1.807) is 5.38 Å². The molecule has 6 nitrogen and oxygen atoms in total. The van der Waals surface area contributed by atoms with E-state index in [-0.39, 0.29) is 18.4 Å². The van der Waals surface area contributed by atoms with Crippen LogP contribution in [0.25, 0.3) is 10.8 Å². The largest absolute Gasteiger partial charge is 0.481 e. The summed E-state index contributed by atoms with van der Waals surface area (Å²) in [5.74, 6) is -1.35. The number of carboxylic acids is 1. The highest BCUT2D eigenvalue weighted by molar-refractivity contribution is 7.09. The lowest BCUT2D eigenvalue weighted by atomic mass is 9.96. The van der Waals surface area contributed by atoms with Gasteiger partial charge in [0.1, 0.15) is 16.8 Å². The Bertz CT molecular complexity index is 1010. The predicted octanol–water partition coefficient (Wildman–Crippen LogP) is 4.09. The molecular weight excluding hydrogens is 376 g/mol. The van der Waals surface area contributed by atoms with Crippen LogP contribution in [0, 0.1) is 0 Å². The lowest BCUT2D eigenvalue weighted by molar-refractivity contribution is -0.137. The van der Waals surface area contributed by atoms with Gasteiger partial charge in [0.2, 0.25) is 0 Å². The van der Waals surface area contributed by atoms with E-state index < -0.39 is 12.0 Å². The molecule has 1 fully saturated rings. The van der Waals surface area contributed by atoms with E-state index in [0.29, 0.717) is 12.3 Å². The first-order valence-corrected chi connectivity index (χ1v) is 10.1. The fraction of sp³-hybridized carbons (Fsp3) is 0.286. The molecule has 1 saturated heterocycles. The van der Waals surface area contributed by atoms with Crippen molar-refractivity contribution in [1.82, 2.24) is 10.3 Å².